The Hall–Kier alpha value is -3.06. The molecule has 7 heteroatoms. The van der Waals surface area contributed by atoms with Gasteiger partial charge in [-0.25, -0.2) is 4.39 Å². The van der Waals surface area contributed by atoms with Crippen molar-refractivity contribution in [3.63, 3.8) is 0 Å². The molecule has 0 spiro atoms. The highest BCUT2D eigenvalue weighted by atomic mass is 35.5. The number of carbonyl (C=O) groups is 2. The highest BCUT2D eigenvalue weighted by Gasteiger charge is 2.38. The van der Waals surface area contributed by atoms with Crippen molar-refractivity contribution in [2.75, 3.05) is 25.0 Å². The molecular formula is C32H35ClFN3O2. The first-order chi connectivity index (χ1) is 18.8. The number of hydrogen-bond donors (Lipinski definition) is 2. The Labute approximate surface area is 234 Å². The molecule has 1 amide bonds. The lowest BCUT2D eigenvalue weighted by Gasteiger charge is -2.45. The van der Waals surface area contributed by atoms with E-state index in [9.17, 15) is 14.0 Å². The quantitative estimate of drug-likeness (QED) is 0.304. The average Bonchev–Trinajstić information content (AvgIpc) is 3.50. The molecule has 3 aromatic carbocycles. The van der Waals surface area contributed by atoms with Gasteiger partial charge in [0.15, 0.2) is 5.78 Å². The predicted molar refractivity (Wildman–Crippen MR) is 155 cm³/mol. The molecule has 0 radical (unpaired) electrons. The summed E-state index contributed by atoms with van der Waals surface area (Å²) in [5.74, 6) is -0.669. The maximum absolute atomic E-state index is 13.5. The summed E-state index contributed by atoms with van der Waals surface area (Å²) in [6.07, 6.45) is 6.97. The van der Waals surface area contributed by atoms with Crippen LogP contribution in [0.5, 0.6) is 0 Å². The predicted octanol–water partition coefficient (Wildman–Crippen LogP) is 6.81. The number of anilines is 1. The average molecular weight is 548 g/mol. The number of likely N-dealkylation sites (tertiary alicyclic amines) is 1. The van der Waals surface area contributed by atoms with Gasteiger partial charge in [-0.3, -0.25) is 14.9 Å². The summed E-state index contributed by atoms with van der Waals surface area (Å²) in [4.78, 5) is 27.4. The van der Waals surface area contributed by atoms with Gasteiger partial charge < -0.3 is 10.2 Å². The summed E-state index contributed by atoms with van der Waals surface area (Å²) in [5, 5.41) is 6.40. The molecule has 5 nitrogen and oxygen atoms in total. The van der Waals surface area contributed by atoms with Crippen LogP contribution in [0.15, 0.2) is 66.7 Å². The third-order valence-corrected chi connectivity index (χ3v) is 8.61. The molecule has 0 unspecified atom stereocenters. The molecule has 1 aliphatic heterocycles. The minimum absolute atomic E-state index is 0.0227. The molecule has 1 heterocycles. The fraction of sp³-hybridized carbons (Fsp3) is 0.375. The summed E-state index contributed by atoms with van der Waals surface area (Å²) in [6, 6.07) is 21.0. The van der Waals surface area contributed by atoms with Crippen molar-refractivity contribution in [2.45, 2.75) is 57.0 Å². The number of rotatable bonds is 8. The minimum Gasteiger partial charge on any atom is -0.325 e. The van der Waals surface area contributed by atoms with Gasteiger partial charge in [0.2, 0.25) is 5.91 Å². The van der Waals surface area contributed by atoms with Gasteiger partial charge in [0.1, 0.15) is 5.82 Å². The van der Waals surface area contributed by atoms with Crippen molar-refractivity contribution in [1.29, 1.82) is 0 Å². The molecule has 2 fully saturated rings. The Kier molecular flexibility index (Phi) is 8.46. The van der Waals surface area contributed by atoms with Crippen LogP contribution in [0.25, 0.3) is 11.1 Å². The van der Waals surface area contributed by atoms with Crippen molar-refractivity contribution < 1.29 is 14.0 Å². The van der Waals surface area contributed by atoms with Crippen LogP contribution in [-0.2, 0) is 10.3 Å². The maximum Gasteiger partial charge on any atom is 0.238 e. The zero-order valence-corrected chi connectivity index (χ0v) is 23.1. The fourth-order valence-corrected chi connectivity index (χ4v) is 6.22. The van der Waals surface area contributed by atoms with Crippen molar-refractivity contribution in [3.8, 4) is 11.1 Å². The second-order valence-electron chi connectivity index (χ2n) is 10.8. The van der Waals surface area contributed by atoms with Crippen LogP contribution in [0, 0.1) is 5.82 Å². The van der Waals surface area contributed by atoms with E-state index in [0.717, 1.165) is 42.6 Å². The number of nitrogens with zero attached hydrogens (tertiary/aromatic N) is 1. The van der Waals surface area contributed by atoms with Crippen LogP contribution >= 0.6 is 11.6 Å². The first-order valence-electron chi connectivity index (χ1n) is 13.8. The Bertz CT molecular complexity index is 1330. The first-order valence-corrected chi connectivity index (χ1v) is 14.2. The van der Waals surface area contributed by atoms with E-state index in [2.05, 4.69) is 39.8 Å². The van der Waals surface area contributed by atoms with E-state index in [1.807, 2.05) is 24.3 Å². The molecule has 3 aromatic rings. The van der Waals surface area contributed by atoms with Crippen molar-refractivity contribution >= 4 is 29.0 Å². The van der Waals surface area contributed by atoms with E-state index < -0.39 is 5.82 Å². The molecule has 2 aliphatic rings. The van der Waals surface area contributed by atoms with Gasteiger partial charge in [-0.1, -0.05) is 66.9 Å². The second-order valence-corrected chi connectivity index (χ2v) is 11.2. The minimum atomic E-state index is -0.516. The molecule has 39 heavy (non-hydrogen) atoms. The zero-order valence-electron chi connectivity index (χ0n) is 22.3. The SMILES string of the molecule is CC(=O)c1cccc(-c2ccc(C3(NCC(=O)Nc4ccc(F)c(Cl)c4)CCN(C4CCCC4)CC3)cc2)c1. The number of Topliss-reactive ketones (excluding diaryl/α,β-unsaturated/α-hetero) is 1. The molecule has 0 bridgehead atoms. The van der Waals surface area contributed by atoms with E-state index in [-0.39, 0.29) is 28.8 Å². The van der Waals surface area contributed by atoms with Crippen LogP contribution in [-0.4, -0.2) is 42.3 Å². The summed E-state index contributed by atoms with van der Waals surface area (Å²) < 4.78 is 13.5. The Balaban J connectivity index is 1.34. The monoisotopic (exact) mass is 547 g/mol. The van der Waals surface area contributed by atoms with E-state index >= 15 is 0 Å². The fourth-order valence-electron chi connectivity index (χ4n) is 6.04. The molecule has 1 saturated heterocycles. The molecule has 2 N–H and O–H groups in total. The number of hydrogen-bond acceptors (Lipinski definition) is 4. The van der Waals surface area contributed by atoms with E-state index in [1.54, 1.807) is 6.92 Å². The smallest absolute Gasteiger partial charge is 0.238 e. The number of carbonyl (C=O) groups excluding carboxylic acids is 2. The Morgan fingerprint density at radius 1 is 0.974 bits per heavy atom. The van der Waals surface area contributed by atoms with Gasteiger partial charge in [-0.2, -0.15) is 0 Å². The number of ketones is 1. The van der Waals surface area contributed by atoms with Crippen LogP contribution in [0.3, 0.4) is 0 Å². The molecule has 1 aliphatic carbocycles. The normalized spacial score (nSPS) is 17.7. The van der Waals surface area contributed by atoms with Crippen LogP contribution in [0.1, 0.15) is 61.4 Å². The summed E-state index contributed by atoms with van der Waals surface area (Å²) >= 11 is 5.88. The largest absolute Gasteiger partial charge is 0.325 e. The molecular weight excluding hydrogens is 513 g/mol. The first kappa shape index (κ1) is 27.5. The van der Waals surface area contributed by atoms with Crippen molar-refractivity contribution in [3.05, 3.63) is 88.7 Å². The third-order valence-electron chi connectivity index (χ3n) is 8.32. The lowest BCUT2D eigenvalue weighted by atomic mass is 9.79. The molecule has 5 rings (SSSR count). The molecule has 204 valence electrons. The molecule has 0 atom stereocenters. The van der Waals surface area contributed by atoms with Gasteiger partial charge in [0.25, 0.3) is 0 Å². The number of halogens is 2. The van der Waals surface area contributed by atoms with Gasteiger partial charge >= 0.3 is 0 Å². The maximum atomic E-state index is 13.5. The summed E-state index contributed by atoms with van der Waals surface area (Å²) in [7, 11) is 0. The number of amides is 1. The summed E-state index contributed by atoms with van der Waals surface area (Å²) in [5.41, 5.74) is 4.03. The van der Waals surface area contributed by atoms with Crippen LogP contribution in [0.4, 0.5) is 10.1 Å². The van der Waals surface area contributed by atoms with E-state index in [1.165, 1.54) is 43.9 Å². The van der Waals surface area contributed by atoms with Crippen molar-refractivity contribution in [2.24, 2.45) is 0 Å². The lowest BCUT2D eigenvalue weighted by molar-refractivity contribution is -0.116. The van der Waals surface area contributed by atoms with Crippen LogP contribution < -0.4 is 10.6 Å². The van der Waals surface area contributed by atoms with Crippen LogP contribution in [0.2, 0.25) is 5.02 Å². The standard InChI is InChI=1S/C32H35ClFN3O2/c1-22(38)24-5-4-6-25(19-24)23-9-11-26(12-10-23)32(15-17-37(18-16-32)28-7-2-3-8-28)35-21-31(39)36-27-13-14-30(34)29(33)20-27/h4-6,9-14,19-20,28,35H,2-3,7-8,15-18,21H2,1H3,(H,36,39). The lowest BCUT2D eigenvalue weighted by Crippen LogP contribution is -2.54. The third kappa shape index (κ3) is 6.40. The topological polar surface area (TPSA) is 61.4 Å². The van der Waals surface area contributed by atoms with E-state index in [4.69, 9.17) is 11.6 Å². The highest BCUT2D eigenvalue weighted by molar-refractivity contribution is 6.31. The van der Waals surface area contributed by atoms with Gasteiger partial charge in [-0.05, 0) is 73.6 Å². The van der Waals surface area contributed by atoms with Gasteiger partial charge in [0.05, 0.1) is 11.6 Å². The number of nitrogens with one attached hydrogen (secondary N) is 2. The second kappa shape index (κ2) is 12.0. The Morgan fingerprint density at radius 3 is 2.36 bits per heavy atom. The number of benzene rings is 3. The zero-order chi connectivity index (χ0) is 27.4. The van der Waals surface area contributed by atoms with Gasteiger partial charge in [0, 0.05) is 35.9 Å². The summed E-state index contributed by atoms with van der Waals surface area (Å²) in [6.45, 7) is 3.67. The number of piperidine rings is 1. The molecule has 0 aromatic heterocycles. The highest BCUT2D eigenvalue weighted by Crippen LogP contribution is 2.37. The van der Waals surface area contributed by atoms with Crippen molar-refractivity contribution in [1.82, 2.24) is 10.2 Å². The van der Waals surface area contributed by atoms with E-state index in [0.29, 0.717) is 17.3 Å². The Morgan fingerprint density at radius 2 is 1.69 bits per heavy atom. The van der Waals surface area contributed by atoms with Gasteiger partial charge in [-0.15, -0.1) is 0 Å². The molecule has 1 saturated carbocycles.